The van der Waals surface area contributed by atoms with Crippen LogP contribution in [0.5, 0.6) is 0 Å². The second-order valence-corrected chi connectivity index (χ2v) is 5.77. The van der Waals surface area contributed by atoms with Gasteiger partial charge in [-0.2, -0.15) is 0 Å². The van der Waals surface area contributed by atoms with Crippen molar-refractivity contribution in [1.29, 1.82) is 0 Å². The highest BCUT2D eigenvalue weighted by atomic mass is 16.5. The highest BCUT2D eigenvalue weighted by Gasteiger charge is 2.23. The van der Waals surface area contributed by atoms with E-state index in [1.165, 1.54) is 5.69 Å². The normalized spacial score (nSPS) is 15.9. The standard InChI is InChI=1S/C18H27N3O3/c1-3-16(24-4-2)18(23)19-14-17(22)21-12-10-20(11-13-21)15-8-6-5-7-9-15/h5-9,16H,3-4,10-14H2,1-2H3,(H,19,23). The summed E-state index contributed by atoms with van der Waals surface area (Å²) in [5, 5.41) is 2.69. The number of nitrogens with zero attached hydrogens (tertiary/aromatic N) is 2. The molecular formula is C18H27N3O3. The second-order valence-electron chi connectivity index (χ2n) is 5.77. The lowest BCUT2D eigenvalue weighted by molar-refractivity contribution is -0.137. The van der Waals surface area contributed by atoms with Crippen molar-refractivity contribution in [3.05, 3.63) is 30.3 Å². The summed E-state index contributed by atoms with van der Waals surface area (Å²) in [6, 6.07) is 10.2. The molecule has 6 nitrogen and oxygen atoms in total. The van der Waals surface area contributed by atoms with Crippen molar-refractivity contribution in [2.75, 3.05) is 44.2 Å². The van der Waals surface area contributed by atoms with Crippen molar-refractivity contribution in [3.63, 3.8) is 0 Å². The molecule has 1 aliphatic heterocycles. The van der Waals surface area contributed by atoms with Crippen LogP contribution in [-0.2, 0) is 14.3 Å². The number of amides is 2. The molecule has 1 aromatic rings. The number of piperazine rings is 1. The van der Waals surface area contributed by atoms with Crippen LogP contribution < -0.4 is 10.2 Å². The van der Waals surface area contributed by atoms with E-state index >= 15 is 0 Å². The average molecular weight is 333 g/mol. The number of hydrogen-bond acceptors (Lipinski definition) is 4. The molecule has 0 aliphatic carbocycles. The number of ether oxygens (including phenoxy) is 1. The summed E-state index contributed by atoms with van der Waals surface area (Å²) in [5.41, 5.74) is 1.18. The van der Waals surface area contributed by atoms with Gasteiger partial charge in [-0.15, -0.1) is 0 Å². The number of carbonyl (C=O) groups excluding carboxylic acids is 2. The number of carbonyl (C=O) groups is 2. The topological polar surface area (TPSA) is 61.9 Å². The van der Waals surface area contributed by atoms with E-state index in [4.69, 9.17) is 4.74 Å². The maximum atomic E-state index is 12.3. The van der Waals surface area contributed by atoms with Crippen LogP contribution in [0, 0.1) is 0 Å². The monoisotopic (exact) mass is 333 g/mol. The van der Waals surface area contributed by atoms with Crippen molar-refractivity contribution in [1.82, 2.24) is 10.2 Å². The molecule has 1 heterocycles. The van der Waals surface area contributed by atoms with Gasteiger partial charge in [-0.1, -0.05) is 25.1 Å². The lowest BCUT2D eigenvalue weighted by Crippen LogP contribution is -2.52. The summed E-state index contributed by atoms with van der Waals surface area (Å²) in [6.07, 6.45) is 0.126. The Morgan fingerprint density at radius 1 is 1.12 bits per heavy atom. The predicted molar refractivity (Wildman–Crippen MR) is 93.9 cm³/mol. The van der Waals surface area contributed by atoms with Crippen molar-refractivity contribution in [2.24, 2.45) is 0 Å². The molecule has 1 saturated heterocycles. The van der Waals surface area contributed by atoms with E-state index in [2.05, 4.69) is 22.3 Å². The number of anilines is 1. The van der Waals surface area contributed by atoms with E-state index in [1.54, 1.807) is 4.90 Å². The lowest BCUT2D eigenvalue weighted by atomic mass is 10.2. The van der Waals surface area contributed by atoms with Crippen molar-refractivity contribution >= 4 is 17.5 Å². The molecule has 1 unspecified atom stereocenters. The number of hydrogen-bond donors (Lipinski definition) is 1. The minimum atomic E-state index is -0.474. The second kappa shape index (κ2) is 9.27. The van der Waals surface area contributed by atoms with Gasteiger partial charge in [0, 0.05) is 38.5 Å². The number of rotatable bonds is 7. The Balaban J connectivity index is 1.75. The summed E-state index contributed by atoms with van der Waals surface area (Å²) in [6.45, 7) is 7.23. The van der Waals surface area contributed by atoms with Crippen LogP contribution >= 0.6 is 0 Å². The Labute approximate surface area is 143 Å². The first kappa shape index (κ1) is 18.3. The fourth-order valence-electron chi connectivity index (χ4n) is 2.82. The largest absolute Gasteiger partial charge is 0.369 e. The molecule has 0 radical (unpaired) electrons. The quantitative estimate of drug-likeness (QED) is 0.816. The molecular weight excluding hydrogens is 306 g/mol. The van der Waals surface area contributed by atoms with Gasteiger partial charge in [-0.05, 0) is 25.5 Å². The third kappa shape index (κ3) is 4.96. The molecule has 0 aromatic heterocycles. The molecule has 2 rings (SSSR count). The average Bonchev–Trinajstić information content (AvgIpc) is 2.64. The first-order valence-corrected chi connectivity index (χ1v) is 8.62. The number of para-hydroxylation sites is 1. The van der Waals surface area contributed by atoms with E-state index in [0.29, 0.717) is 26.1 Å². The first-order chi connectivity index (χ1) is 11.7. The Bertz CT molecular complexity index is 528. The Morgan fingerprint density at radius 3 is 2.38 bits per heavy atom. The maximum absolute atomic E-state index is 12.3. The van der Waals surface area contributed by atoms with Crippen LogP contribution in [-0.4, -0.2) is 62.1 Å². The van der Waals surface area contributed by atoms with Gasteiger partial charge in [0.15, 0.2) is 0 Å². The van der Waals surface area contributed by atoms with Crippen LogP contribution in [0.15, 0.2) is 30.3 Å². The molecule has 0 spiro atoms. The maximum Gasteiger partial charge on any atom is 0.249 e. The fraction of sp³-hybridized carbons (Fsp3) is 0.556. The summed E-state index contributed by atoms with van der Waals surface area (Å²) in [7, 11) is 0. The summed E-state index contributed by atoms with van der Waals surface area (Å²) in [5.74, 6) is -0.252. The molecule has 0 saturated carbocycles. The molecule has 1 aliphatic rings. The van der Waals surface area contributed by atoms with Gasteiger partial charge < -0.3 is 19.9 Å². The SMILES string of the molecule is CCOC(CC)C(=O)NCC(=O)N1CCN(c2ccccc2)CC1. The summed E-state index contributed by atoms with van der Waals surface area (Å²) >= 11 is 0. The third-order valence-corrected chi connectivity index (χ3v) is 4.20. The molecule has 0 bridgehead atoms. The van der Waals surface area contributed by atoms with E-state index in [9.17, 15) is 9.59 Å². The van der Waals surface area contributed by atoms with Crippen LogP contribution in [0.25, 0.3) is 0 Å². The Morgan fingerprint density at radius 2 is 1.79 bits per heavy atom. The highest BCUT2D eigenvalue weighted by molar-refractivity contribution is 5.87. The van der Waals surface area contributed by atoms with Crippen LogP contribution in [0.3, 0.4) is 0 Å². The van der Waals surface area contributed by atoms with Gasteiger partial charge in [-0.3, -0.25) is 9.59 Å². The number of benzene rings is 1. The van der Waals surface area contributed by atoms with Gasteiger partial charge >= 0.3 is 0 Å². The molecule has 24 heavy (non-hydrogen) atoms. The number of nitrogens with one attached hydrogen (secondary N) is 1. The predicted octanol–water partition coefficient (Wildman–Crippen LogP) is 1.27. The third-order valence-electron chi connectivity index (χ3n) is 4.20. The van der Waals surface area contributed by atoms with Gasteiger partial charge in [0.2, 0.25) is 11.8 Å². The molecule has 1 aromatic carbocycles. The zero-order valence-electron chi connectivity index (χ0n) is 14.5. The van der Waals surface area contributed by atoms with E-state index in [0.717, 1.165) is 13.1 Å². The van der Waals surface area contributed by atoms with Gasteiger partial charge in [0.1, 0.15) is 6.10 Å². The summed E-state index contributed by atoms with van der Waals surface area (Å²) in [4.78, 5) is 28.3. The van der Waals surface area contributed by atoms with Crippen molar-refractivity contribution in [2.45, 2.75) is 26.4 Å². The van der Waals surface area contributed by atoms with Crippen LogP contribution in [0.2, 0.25) is 0 Å². The highest BCUT2D eigenvalue weighted by Crippen LogP contribution is 2.15. The first-order valence-electron chi connectivity index (χ1n) is 8.62. The molecule has 1 fully saturated rings. The van der Waals surface area contributed by atoms with E-state index in [-0.39, 0.29) is 18.4 Å². The van der Waals surface area contributed by atoms with Gasteiger partial charge in [0.05, 0.1) is 6.54 Å². The molecule has 2 amide bonds. The van der Waals surface area contributed by atoms with Crippen molar-refractivity contribution in [3.8, 4) is 0 Å². The molecule has 6 heteroatoms. The molecule has 1 N–H and O–H groups in total. The molecule has 132 valence electrons. The smallest absolute Gasteiger partial charge is 0.249 e. The van der Waals surface area contributed by atoms with Crippen molar-refractivity contribution < 1.29 is 14.3 Å². The Kier molecular flexibility index (Phi) is 7.06. The van der Waals surface area contributed by atoms with Gasteiger partial charge in [-0.25, -0.2) is 0 Å². The van der Waals surface area contributed by atoms with Crippen LogP contribution in [0.1, 0.15) is 20.3 Å². The van der Waals surface area contributed by atoms with E-state index in [1.807, 2.05) is 32.0 Å². The van der Waals surface area contributed by atoms with E-state index < -0.39 is 6.10 Å². The fourth-order valence-corrected chi connectivity index (χ4v) is 2.82. The zero-order chi connectivity index (χ0) is 17.4. The molecule has 1 atom stereocenters. The van der Waals surface area contributed by atoms with Gasteiger partial charge in [0.25, 0.3) is 0 Å². The minimum absolute atomic E-state index is 0.0355. The zero-order valence-corrected chi connectivity index (χ0v) is 14.5. The minimum Gasteiger partial charge on any atom is -0.369 e. The summed E-state index contributed by atoms with van der Waals surface area (Å²) < 4.78 is 5.35. The Hall–Kier alpha value is -2.08. The lowest BCUT2D eigenvalue weighted by Gasteiger charge is -2.36. The van der Waals surface area contributed by atoms with Crippen LogP contribution in [0.4, 0.5) is 5.69 Å².